The fourth-order valence-corrected chi connectivity index (χ4v) is 1.88. The van der Waals surface area contributed by atoms with Gasteiger partial charge in [0.05, 0.1) is 11.5 Å². The van der Waals surface area contributed by atoms with E-state index in [9.17, 15) is 16.8 Å². The zero-order chi connectivity index (χ0) is 10.5. The minimum absolute atomic E-state index is 0. The quantitative estimate of drug-likeness (QED) is 0.397. The molecule has 0 radical (unpaired) electrons. The molecule has 6 nitrogen and oxygen atoms in total. The molecule has 2 N–H and O–H groups in total. The van der Waals surface area contributed by atoms with Crippen LogP contribution in [0.15, 0.2) is 0 Å². The summed E-state index contributed by atoms with van der Waals surface area (Å²) in [5.74, 6) is -0.753. The molecular formula is C5H14O6S2Sr. The molecule has 0 rings (SSSR count). The Morgan fingerprint density at radius 3 is 1.29 bits per heavy atom. The molecule has 0 heterocycles. The molecule has 0 aliphatic rings. The molecule has 0 atom stereocenters. The molecule has 14 heavy (non-hydrogen) atoms. The van der Waals surface area contributed by atoms with Crippen LogP contribution in [0.4, 0.5) is 0 Å². The van der Waals surface area contributed by atoms with Gasteiger partial charge in [-0.3, -0.25) is 9.11 Å². The van der Waals surface area contributed by atoms with E-state index < -0.39 is 20.2 Å². The number of unbranched alkanes of at least 4 members (excludes halogenated alkanes) is 2. The van der Waals surface area contributed by atoms with Gasteiger partial charge in [0.2, 0.25) is 0 Å². The topological polar surface area (TPSA) is 109 Å². The summed E-state index contributed by atoms with van der Waals surface area (Å²) in [5.41, 5.74) is 0. The Bertz CT molecular complexity index is 306. The van der Waals surface area contributed by atoms with Gasteiger partial charge < -0.3 is 2.85 Å². The second kappa shape index (κ2) is 7.55. The van der Waals surface area contributed by atoms with Crippen molar-refractivity contribution in [3.63, 3.8) is 0 Å². The van der Waals surface area contributed by atoms with Gasteiger partial charge in [-0.2, -0.15) is 16.8 Å². The Hall–Kier alpha value is 1.30. The molecule has 0 amide bonds. The van der Waals surface area contributed by atoms with Gasteiger partial charge in [-0.15, -0.1) is 0 Å². The van der Waals surface area contributed by atoms with Gasteiger partial charge in [0.15, 0.2) is 0 Å². The predicted octanol–water partition coefficient (Wildman–Crippen LogP) is -0.223. The van der Waals surface area contributed by atoms with Crippen LogP contribution in [-0.4, -0.2) is 82.9 Å². The van der Waals surface area contributed by atoms with E-state index in [2.05, 4.69) is 0 Å². The van der Waals surface area contributed by atoms with Crippen molar-refractivity contribution in [1.82, 2.24) is 0 Å². The van der Waals surface area contributed by atoms with Crippen molar-refractivity contribution in [1.29, 1.82) is 0 Å². The van der Waals surface area contributed by atoms with E-state index in [1.807, 2.05) is 0 Å². The molecule has 0 bridgehead atoms. The van der Waals surface area contributed by atoms with Crippen molar-refractivity contribution in [3.05, 3.63) is 0 Å². The van der Waals surface area contributed by atoms with Gasteiger partial charge in [0, 0.05) is 0 Å². The van der Waals surface area contributed by atoms with E-state index in [-0.39, 0.29) is 72.7 Å². The van der Waals surface area contributed by atoms with Crippen molar-refractivity contribution in [2.45, 2.75) is 19.3 Å². The monoisotopic (exact) mass is 322 g/mol. The van der Waals surface area contributed by atoms with Gasteiger partial charge in [0.25, 0.3) is 20.2 Å². The smallest absolute Gasteiger partial charge is 1.00 e. The maximum absolute atomic E-state index is 10.2. The summed E-state index contributed by atoms with van der Waals surface area (Å²) in [4.78, 5) is 0. The fraction of sp³-hybridized carbons (Fsp3) is 1.00. The van der Waals surface area contributed by atoms with Gasteiger partial charge in [0.1, 0.15) is 0 Å². The van der Waals surface area contributed by atoms with E-state index >= 15 is 0 Å². The van der Waals surface area contributed by atoms with Crippen molar-refractivity contribution in [2.24, 2.45) is 0 Å². The second-order valence-electron chi connectivity index (χ2n) is 2.63. The average molecular weight is 322 g/mol. The van der Waals surface area contributed by atoms with E-state index in [0.717, 1.165) is 0 Å². The molecule has 0 aliphatic heterocycles. The van der Waals surface area contributed by atoms with Crippen LogP contribution in [0.2, 0.25) is 0 Å². The van der Waals surface area contributed by atoms with Gasteiger partial charge >= 0.3 is 45.5 Å². The third-order valence-electron chi connectivity index (χ3n) is 1.30. The van der Waals surface area contributed by atoms with Crippen LogP contribution in [0.5, 0.6) is 0 Å². The zero-order valence-corrected chi connectivity index (χ0v) is 12.7. The minimum atomic E-state index is -3.95. The van der Waals surface area contributed by atoms with Crippen LogP contribution < -0.4 is 0 Å². The van der Waals surface area contributed by atoms with Crippen molar-refractivity contribution in [3.8, 4) is 0 Å². The summed E-state index contributed by atoms with van der Waals surface area (Å²) in [5, 5.41) is 0. The number of hydrogen-bond donors (Lipinski definition) is 2. The first-order chi connectivity index (χ1) is 5.71. The maximum atomic E-state index is 10.2. The Kier molecular flexibility index (Phi) is 9.54. The predicted molar refractivity (Wildman–Crippen MR) is 54.7 cm³/mol. The van der Waals surface area contributed by atoms with Crippen molar-refractivity contribution < 1.29 is 28.8 Å². The molecule has 0 spiro atoms. The third kappa shape index (κ3) is 15.8. The molecule has 0 unspecified atom stereocenters. The Morgan fingerprint density at radius 1 is 0.786 bits per heavy atom. The summed E-state index contributed by atoms with van der Waals surface area (Å²) in [6.07, 6.45) is 0.711. The third-order valence-corrected chi connectivity index (χ3v) is 2.91. The van der Waals surface area contributed by atoms with Crippen LogP contribution in [0, 0.1) is 0 Å². The summed E-state index contributed by atoms with van der Waals surface area (Å²) < 4.78 is 57.3. The van der Waals surface area contributed by atoms with Crippen LogP contribution in [0.3, 0.4) is 0 Å². The Morgan fingerprint density at radius 2 is 1.07 bits per heavy atom. The summed E-state index contributed by atoms with van der Waals surface area (Å²) in [6.45, 7) is 0. The van der Waals surface area contributed by atoms with E-state index in [4.69, 9.17) is 9.11 Å². The molecule has 0 saturated carbocycles. The first-order valence-corrected chi connectivity index (χ1v) is 6.83. The molecular weight excluding hydrogens is 308 g/mol. The number of hydrogen-bond acceptors (Lipinski definition) is 4. The van der Waals surface area contributed by atoms with E-state index in [1.54, 1.807) is 0 Å². The van der Waals surface area contributed by atoms with Gasteiger partial charge in [-0.05, 0) is 12.8 Å². The minimum Gasteiger partial charge on any atom is -1.00 e. The van der Waals surface area contributed by atoms with Crippen molar-refractivity contribution in [2.75, 3.05) is 11.5 Å². The second-order valence-corrected chi connectivity index (χ2v) is 5.78. The SMILES string of the molecule is O=S(=O)(O)CCCCCS(=O)(=O)O.[H-].[H-].[Sr+2]. The molecule has 0 saturated heterocycles. The molecule has 0 aromatic carbocycles. The van der Waals surface area contributed by atoms with Crippen molar-refractivity contribution >= 4 is 65.7 Å². The Balaban J connectivity index is -0.000000240. The van der Waals surface area contributed by atoms with E-state index in [1.165, 1.54) is 0 Å². The van der Waals surface area contributed by atoms with Gasteiger partial charge in [-0.25, -0.2) is 0 Å². The van der Waals surface area contributed by atoms with Gasteiger partial charge in [-0.1, -0.05) is 6.42 Å². The molecule has 0 aliphatic carbocycles. The molecule has 0 aromatic rings. The maximum Gasteiger partial charge on any atom is 2.00 e. The summed E-state index contributed by atoms with van der Waals surface area (Å²) in [6, 6.07) is 0. The molecule has 9 heteroatoms. The van der Waals surface area contributed by atoms with Crippen LogP contribution in [0.1, 0.15) is 22.1 Å². The zero-order valence-electron chi connectivity index (χ0n) is 9.59. The number of rotatable bonds is 6. The van der Waals surface area contributed by atoms with E-state index in [0.29, 0.717) is 6.42 Å². The molecule has 0 fully saturated rings. The first-order valence-electron chi connectivity index (χ1n) is 3.61. The normalized spacial score (nSPS) is 12.1. The first kappa shape index (κ1) is 17.7. The van der Waals surface area contributed by atoms with Crippen LogP contribution in [-0.2, 0) is 20.2 Å². The summed E-state index contributed by atoms with van der Waals surface area (Å²) >= 11 is 0. The Labute approximate surface area is 124 Å². The fourth-order valence-electron chi connectivity index (χ4n) is 0.746. The molecule has 84 valence electrons. The average Bonchev–Trinajstić information content (AvgIpc) is 1.81. The largest absolute Gasteiger partial charge is 2.00 e. The van der Waals surface area contributed by atoms with Crippen LogP contribution in [0.25, 0.3) is 0 Å². The standard InChI is InChI=1S/C5H12O6S2.Sr.2H/c6-12(7,8)4-2-1-3-5-13(9,10)11;;;/h1-5H2,(H,6,7,8)(H,9,10,11);;;/q;+2;2*-1. The van der Waals surface area contributed by atoms with Crippen LogP contribution >= 0.6 is 0 Å². The molecule has 0 aromatic heterocycles. The summed E-state index contributed by atoms with van der Waals surface area (Å²) in [7, 11) is -7.90.